The first-order valence-corrected chi connectivity index (χ1v) is 4.92. The highest BCUT2D eigenvalue weighted by molar-refractivity contribution is 5.99. The fraction of sp³-hybridized carbons (Fsp3) is 0.273. The summed E-state index contributed by atoms with van der Waals surface area (Å²) in [5.74, 6) is 1.28. The number of ether oxygens (including phenoxy) is 3. The Morgan fingerprint density at radius 2 is 2.00 bits per heavy atom. The minimum absolute atomic E-state index is 0.141. The van der Waals surface area contributed by atoms with Gasteiger partial charge in [0.2, 0.25) is 0 Å². The van der Waals surface area contributed by atoms with E-state index >= 15 is 0 Å². The van der Waals surface area contributed by atoms with Gasteiger partial charge in [0.25, 0.3) is 0 Å². The molecular weight excluding hydrogens is 224 g/mol. The highest BCUT2D eigenvalue weighted by atomic mass is 16.6. The van der Waals surface area contributed by atoms with Gasteiger partial charge in [-0.15, -0.1) is 0 Å². The molecule has 0 aromatic heterocycles. The summed E-state index contributed by atoms with van der Waals surface area (Å²) in [6.07, 6.45) is -1.33. The van der Waals surface area contributed by atoms with Crippen LogP contribution in [-0.2, 0) is 4.74 Å². The quantitative estimate of drug-likeness (QED) is 0.853. The lowest BCUT2D eigenvalue weighted by atomic mass is 10.1. The number of amides is 1. The number of carbonyl (C=O) groups excluding carboxylic acids is 1. The van der Waals surface area contributed by atoms with Crippen molar-refractivity contribution in [1.82, 2.24) is 0 Å². The Morgan fingerprint density at radius 1 is 1.29 bits per heavy atom. The van der Waals surface area contributed by atoms with Crippen molar-refractivity contribution >= 4 is 11.9 Å². The first-order valence-electron chi connectivity index (χ1n) is 4.92. The second-order valence-electron chi connectivity index (χ2n) is 3.41. The van der Waals surface area contributed by atoms with Gasteiger partial charge in [0, 0.05) is 5.56 Å². The number of benzene rings is 1. The van der Waals surface area contributed by atoms with Gasteiger partial charge in [-0.1, -0.05) is 6.07 Å². The van der Waals surface area contributed by atoms with Crippen LogP contribution in [0.3, 0.4) is 0 Å². The van der Waals surface area contributed by atoms with Crippen LogP contribution >= 0.6 is 0 Å². The number of methoxy groups -OCH3 is 2. The van der Waals surface area contributed by atoms with Gasteiger partial charge in [-0.25, -0.2) is 4.79 Å². The summed E-state index contributed by atoms with van der Waals surface area (Å²) in [6.45, 7) is 0. The van der Waals surface area contributed by atoms with Crippen molar-refractivity contribution in [2.75, 3.05) is 14.2 Å². The molecular formula is C11H12N2O4. The smallest absolute Gasteiger partial charge is 0.436 e. The molecule has 1 aliphatic heterocycles. The van der Waals surface area contributed by atoms with Crippen LogP contribution in [0.15, 0.2) is 23.2 Å². The Bertz CT molecular complexity index is 484. The van der Waals surface area contributed by atoms with Crippen LogP contribution in [0.1, 0.15) is 11.7 Å². The molecule has 1 unspecified atom stereocenters. The Labute approximate surface area is 98.0 Å². The normalized spacial score (nSPS) is 18.6. The largest absolute Gasteiger partial charge is 0.493 e. The van der Waals surface area contributed by atoms with Gasteiger partial charge in [-0.05, 0) is 12.1 Å². The lowest BCUT2D eigenvalue weighted by Gasteiger charge is -2.13. The summed E-state index contributed by atoms with van der Waals surface area (Å²) >= 11 is 0. The monoisotopic (exact) mass is 236 g/mol. The summed E-state index contributed by atoms with van der Waals surface area (Å²) in [5, 5.41) is 0. The maximum absolute atomic E-state index is 11.0. The zero-order chi connectivity index (χ0) is 12.4. The average Bonchev–Trinajstić information content (AvgIpc) is 2.67. The van der Waals surface area contributed by atoms with E-state index in [4.69, 9.17) is 19.9 Å². The third-order valence-electron chi connectivity index (χ3n) is 2.42. The molecule has 1 atom stereocenters. The third kappa shape index (κ3) is 2.01. The number of hydrogen-bond donors (Lipinski definition) is 1. The van der Waals surface area contributed by atoms with Crippen LogP contribution in [0.2, 0.25) is 0 Å². The number of rotatable bonds is 3. The van der Waals surface area contributed by atoms with E-state index in [1.165, 1.54) is 7.11 Å². The molecule has 6 heteroatoms. The minimum atomic E-state index is -0.678. The first-order chi connectivity index (χ1) is 8.15. The van der Waals surface area contributed by atoms with Crippen LogP contribution in [0.5, 0.6) is 11.5 Å². The molecule has 1 aliphatic rings. The summed E-state index contributed by atoms with van der Waals surface area (Å²) in [7, 11) is 3.07. The molecule has 0 radical (unpaired) electrons. The first kappa shape index (κ1) is 11.3. The zero-order valence-electron chi connectivity index (χ0n) is 9.47. The Kier molecular flexibility index (Phi) is 2.86. The molecule has 0 saturated carbocycles. The molecule has 0 saturated heterocycles. The number of amidine groups is 1. The van der Waals surface area contributed by atoms with E-state index in [1.807, 2.05) is 0 Å². The number of nitrogens with zero attached hydrogens (tertiary/aromatic N) is 1. The fourth-order valence-electron chi connectivity index (χ4n) is 1.61. The fourth-order valence-corrected chi connectivity index (χ4v) is 1.61. The Balaban J connectivity index is 2.34. The summed E-state index contributed by atoms with van der Waals surface area (Å²) in [4.78, 5) is 14.5. The summed E-state index contributed by atoms with van der Waals surface area (Å²) in [6, 6.07) is 5.16. The predicted molar refractivity (Wildman–Crippen MR) is 60.4 cm³/mol. The molecule has 2 rings (SSSR count). The average molecular weight is 236 g/mol. The Hall–Kier alpha value is -2.24. The van der Waals surface area contributed by atoms with Crippen molar-refractivity contribution in [1.29, 1.82) is 0 Å². The van der Waals surface area contributed by atoms with E-state index < -0.39 is 12.2 Å². The van der Waals surface area contributed by atoms with Crippen molar-refractivity contribution in [2.45, 2.75) is 6.10 Å². The number of nitrogens with two attached hydrogens (primary N) is 1. The maximum atomic E-state index is 11.0. The number of carbonyl (C=O) groups is 1. The molecule has 17 heavy (non-hydrogen) atoms. The molecule has 90 valence electrons. The molecule has 1 aromatic rings. The molecule has 0 bridgehead atoms. The minimum Gasteiger partial charge on any atom is -0.493 e. The molecule has 1 amide bonds. The van der Waals surface area contributed by atoms with Gasteiger partial charge < -0.3 is 19.9 Å². The molecule has 2 N–H and O–H groups in total. The number of cyclic esters (lactones) is 1. The maximum Gasteiger partial charge on any atom is 0.436 e. The van der Waals surface area contributed by atoms with E-state index in [-0.39, 0.29) is 5.84 Å². The van der Waals surface area contributed by atoms with Gasteiger partial charge in [-0.3, -0.25) is 0 Å². The molecule has 1 heterocycles. The molecule has 0 aliphatic carbocycles. The lowest BCUT2D eigenvalue weighted by molar-refractivity contribution is 0.149. The predicted octanol–water partition coefficient (Wildman–Crippen LogP) is 1.25. The van der Waals surface area contributed by atoms with Crippen LogP contribution in [-0.4, -0.2) is 26.1 Å². The highest BCUT2D eigenvalue weighted by Crippen LogP contribution is 2.32. The molecule has 0 fully saturated rings. The van der Waals surface area contributed by atoms with Crippen LogP contribution in [0, 0.1) is 0 Å². The van der Waals surface area contributed by atoms with Gasteiger partial charge in [0.1, 0.15) is 0 Å². The lowest BCUT2D eigenvalue weighted by Crippen LogP contribution is -2.18. The van der Waals surface area contributed by atoms with Crippen molar-refractivity contribution in [2.24, 2.45) is 10.7 Å². The van der Waals surface area contributed by atoms with E-state index in [2.05, 4.69) is 4.99 Å². The summed E-state index contributed by atoms with van der Waals surface area (Å²) < 4.78 is 15.2. The molecule has 0 spiro atoms. The van der Waals surface area contributed by atoms with E-state index in [9.17, 15) is 4.79 Å². The zero-order valence-corrected chi connectivity index (χ0v) is 9.47. The van der Waals surface area contributed by atoms with Crippen molar-refractivity contribution < 1.29 is 19.0 Å². The van der Waals surface area contributed by atoms with Gasteiger partial charge >= 0.3 is 6.09 Å². The van der Waals surface area contributed by atoms with Gasteiger partial charge in [-0.2, -0.15) is 4.99 Å². The molecule has 1 aromatic carbocycles. The van der Waals surface area contributed by atoms with Crippen molar-refractivity contribution in [3.63, 3.8) is 0 Å². The van der Waals surface area contributed by atoms with Crippen LogP contribution < -0.4 is 15.2 Å². The highest BCUT2D eigenvalue weighted by Gasteiger charge is 2.28. The second kappa shape index (κ2) is 4.32. The van der Waals surface area contributed by atoms with Crippen LogP contribution in [0.25, 0.3) is 0 Å². The van der Waals surface area contributed by atoms with Crippen molar-refractivity contribution in [3.8, 4) is 11.5 Å². The van der Waals surface area contributed by atoms with Crippen molar-refractivity contribution in [3.05, 3.63) is 23.8 Å². The topological polar surface area (TPSA) is 83.1 Å². The SMILES string of the molecule is COc1ccc(C2OC(=O)N=C2N)cc1OC. The van der Waals surface area contributed by atoms with Crippen LogP contribution in [0.4, 0.5) is 4.79 Å². The molecule has 6 nitrogen and oxygen atoms in total. The second-order valence-corrected chi connectivity index (χ2v) is 3.41. The van der Waals surface area contributed by atoms with E-state index in [0.29, 0.717) is 17.1 Å². The summed E-state index contributed by atoms with van der Waals surface area (Å²) in [5.41, 5.74) is 6.29. The number of hydrogen-bond acceptors (Lipinski definition) is 5. The van der Waals surface area contributed by atoms with E-state index in [0.717, 1.165) is 0 Å². The van der Waals surface area contributed by atoms with Gasteiger partial charge in [0.05, 0.1) is 14.2 Å². The number of aliphatic imine (C=N–C) groups is 1. The third-order valence-corrected chi connectivity index (χ3v) is 2.42. The van der Waals surface area contributed by atoms with E-state index in [1.54, 1.807) is 25.3 Å². The standard InChI is InChI=1S/C11H12N2O4/c1-15-7-4-3-6(5-8(7)16-2)9-10(12)13-11(14)17-9/h3-5,9H,1-2H3,(H2,12,13,14). The Morgan fingerprint density at radius 3 is 2.53 bits per heavy atom. The van der Waals surface area contributed by atoms with Gasteiger partial charge in [0.15, 0.2) is 23.4 Å².